The minimum atomic E-state index is -0.221. The van der Waals surface area contributed by atoms with Crippen molar-refractivity contribution in [3.8, 4) is 17.2 Å². The maximum absolute atomic E-state index is 12.9. The van der Waals surface area contributed by atoms with E-state index in [0.29, 0.717) is 22.8 Å². The third-order valence-corrected chi connectivity index (χ3v) is 4.39. The molecule has 0 aliphatic heterocycles. The molecule has 0 aliphatic rings. The molecule has 0 fully saturated rings. The van der Waals surface area contributed by atoms with Crippen LogP contribution in [0.4, 0.5) is 11.6 Å². The fourth-order valence-electron chi connectivity index (χ4n) is 2.90. The largest absolute Gasteiger partial charge is 0.384 e. The van der Waals surface area contributed by atoms with E-state index in [2.05, 4.69) is 15.1 Å². The molecule has 0 atom stereocenters. The van der Waals surface area contributed by atoms with E-state index in [1.807, 2.05) is 12.1 Å². The molecule has 0 spiro atoms. The van der Waals surface area contributed by atoms with Gasteiger partial charge in [-0.1, -0.05) is 0 Å². The van der Waals surface area contributed by atoms with Crippen LogP contribution < -0.4 is 10.6 Å². The predicted molar refractivity (Wildman–Crippen MR) is 105 cm³/mol. The van der Waals surface area contributed by atoms with Gasteiger partial charge in [-0.05, 0) is 42.0 Å². The molecule has 8 heteroatoms. The van der Waals surface area contributed by atoms with Crippen molar-refractivity contribution in [2.75, 3.05) is 17.7 Å². The van der Waals surface area contributed by atoms with Crippen LogP contribution in [0.25, 0.3) is 16.6 Å². The van der Waals surface area contributed by atoms with Crippen molar-refractivity contribution in [2.24, 2.45) is 0 Å². The molecule has 0 aromatic carbocycles. The summed E-state index contributed by atoms with van der Waals surface area (Å²) in [5.41, 5.74) is 9.21. The van der Waals surface area contributed by atoms with E-state index in [4.69, 9.17) is 11.0 Å². The van der Waals surface area contributed by atoms with Crippen molar-refractivity contribution >= 4 is 23.1 Å². The van der Waals surface area contributed by atoms with Gasteiger partial charge in [0.2, 0.25) is 0 Å². The summed E-state index contributed by atoms with van der Waals surface area (Å²) in [6.45, 7) is 0. The van der Waals surface area contributed by atoms with Gasteiger partial charge in [0.1, 0.15) is 17.7 Å². The molecule has 4 aromatic heterocycles. The fourth-order valence-corrected chi connectivity index (χ4v) is 2.90. The number of fused-ring (bicyclic) bond motifs is 1. The molecule has 2 N–H and O–H groups in total. The third kappa shape index (κ3) is 3.01. The summed E-state index contributed by atoms with van der Waals surface area (Å²) in [6.07, 6.45) is 6.53. The Kier molecular flexibility index (Phi) is 4.18. The first kappa shape index (κ1) is 17.2. The number of anilines is 2. The zero-order chi connectivity index (χ0) is 19.7. The molecule has 28 heavy (non-hydrogen) atoms. The number of aromatic nitrogens is 4. The van der Waals surface area contributed by atoms with Crippen LogP contribution in [0.1, 0.15) is 15.9 Å². The van der Waals surface area contributed by atoms with Gasteiger partial charge < -0.3 is 5.73 Å². The van der Waals surface area contributed by atoms with Crippen LogP contribution in [-0.2, 0) is 0 Å². The molecule has 0 aliphatic carbocycles. The molecule has 4 rings (SSSR count). The first-order valence-corrected chi connectivity index (χ1v) is 8.40. The van der Waals surface area contributed by atoms with Crippen LogP contribution >= 0.6 is 0 Å². The lowest BCUT2D eigenvalue weighted by molar-refractivity contribution is 0.0992. The summed E-state index contributed by atoms with van der Waals surface area (Å²) in [7, 11) is 1.64. The summed E-state index contributed by atoms with van der Waals surface area (Å²) in [6, 6.07) is 12.4. The molecule has 0 unspecified atom stereocenters. The molecule has 0 radical (unpaired) electrons. The van der Waals surface area contributed by atoms with Crippen LogP contribution in [0.15, 0.2) is 61.2 Å². The van der Waals surface area contributed by atoms with E-state index in [1.165, 1.54) is 11.1 Å². The lowest BCUT2D eigenvalue weighted by Crippen LogP contribution is -2.27. The van der Waals surface area contributed by atoms with Crippen molar-refractivity contribution in [2.45, 2.75) is 0 Å². The Balaban J connectivity index is 1.71. The van der Waals surface area contributed by atoms with E-state index in [1.54, 1.807) is 60.5 Å². The van der Waals surface area contributed by atoms with Crippen molar-refractivity contribution in [3.63, 3.8) is 0 Å². The Hall–Kier alpha value is -4.25. The number of nitrogens with two attached hydrogens (primary N) is 1. The second-order valence-electron chi connectivity index (χ2n) is 6.15. The Morgan fingerprint density at radius 3 is 2.75 bits per heavy atom. The lowest BCUT2D eigenvalue weighted by Gasteiger charge is -2.16. The number of carbonyl (C=O) groups excluding carboxylic acids is 1. The predicted octanol–water partition coefficient (Wildman–Crippen LogP) is 2.52. The normalized spacial score (nSPS) is 10.6. The second-order valence-corrected chi connectivity index (χ2v) is 6.15. The monoisotopic (exact) mass is 369 g/mol. The van der Waals surface area contributed by atoms with E-state index in [0.717, 1.165) is 16.6 Å². The number of hydrogen-bond acceptors (Lipinski definition) is 6. The quantitative estimate of drug-likeness (QED) is 0.594. The van der Waals surface area contributed by atoms with Crippen LogP contribution in [0, 0.1) is 11.3 Å². The second kappa shape index (κ2) is 6.81. The van der Waals surface area contributed by atoms with Crippen LogP contribution in [0.5, 0.6) is 0 Å². The molecule has 0 saturated heterocycles. The van der Waals surface area contributed by atoms with Crippen LogP contribution in [0.2, 0.25) is 0 Å². The maximum atomic E-state index is 12.9. The first-order chi connectivity index (χ1) is 13.6. The lowest BCUT2D eigenvalue weighted by atomic mass is 10.1. The Labute approximate surface area is 160 Å². The molecular formula is C20H15N7O. The third-order valence-electron chi connectivity index (χ3n) is 4.39. The van der Waals surface area contributed by atoms with Gasteiger partial charge in [-0.2, -0.15) is 10.4 Å². The summed E-state index contributed by atoms with van der Waals surface area (Å²) in [5.74, 6) is 0.649. The van der Waals surface area contributed by atoms with E-state index >= 15 is 0 Å². The average molecular weight is 369 g/mol. The van der Waals surface area contributed by atoms with Crippen molar-refractivity contribution < 1.29 is 4.79 Å². The number of pyridine rings is 3. The van der Waals surface area contributed by atoms with Gasteiger partial charge in [-0.15, -0.1) is 0 Å². The highest BCUT2D eigenvalue weighted by atomic mass is 16.2. The fraction of sp³-hybridized carbons (Fsp3) is 0.0500. The number of amides is 1. The topological polar surface area (TPSA) is 113 Å². The van der Waals surface area contributed by atoms with Gasteiger partial charge in [0, 0.05) is 36.8 Å². The number of carbonyl (C=O) groups is 1. The van der Waals surface area contributed by atoms with E-state index < -0.39 is 0 Å². The zero-order valence-electron chi connectivity index (χ0n) is 14.9. The van der Waals surface area contributed by atoms with Crippen molar-refractivity contribution in [3.05, 3.63) is 72.3 Å². The smallest absolute Gasteiger partial charge is 0.259 e. The van der Waals surface area contributed by atoms with Crippen molar-refractivity contribution in [1.29, 1.82) is 5.26 Å². The van der Waals surface area contributed by atoms with Gasteiger partial charge in [-0.3, -0.25) is 9.69 Å². The number of hydrogen-bond donors (Lipinski definition) is 1. The Morgan fingerprint density at radius 2 is 2.04 bits per heavy atom. The summed E-state index contributed by atoms with van der Waals surface area (Å²) < 4.78 is 1.70. The number of rotatable bonds is 3. The molecule has 4 heterocycles. The van der Waals surface area contributed by atoms with Crippen LogP contribution in [0.3, 0.4) is 0 Å². The van der Waals surface area contributed by atoms with Crippen LogP contribution in [-0.4, -0.2) is 32.5 Å². The zero-order valence-corrected chi connectivity index (χ0v) is 14.9. The van der Waals surface area contributed by atoms with Gasteiger partial charge in [0.05, 0.1) is 17.3 Å². The Morgan fingerprint density at radius 1 is 1.18 bits per heavy atom. The summed E-state index contributed by atoms with van der Waals surface area (Å²) >= 11 is 0. The van der Waals surface area contributed by atoms with Gasteiger partial charge in [0.15, 0.2) is 0 Å². The summed E-state index contributed by atoms with van der Waals surface area (Å²) in [4.78, 5) is 22.5. The van der Waals surface area contributed by atoms with E-state index in [9.17, 15) is 4.79 Å². The Bertz CT molecular complexity index is 1220. The molecule has 4 aromatic rings. The average Bonchev–Trinajstić information content (AvgIpc) is 3.16. The first-order valence-electron chi connectivity index (χ1n) is 8.40. The summed E-state index contributed by atoms with van der Waals surface area (Å²) in [5, 5.41) is 13.2. The molecule has 0 saturated carbocycles. The molecule has 8 nitrogen and oxygen atoms in total. The molecule has 1 amide bonds. The minimum absolute atomic E-state index is 0.221. The molecule has 0 bridgehead atoms. The molecular weight excluding hydrogens is 354 g/mol. The number of nitriles is 1. The molecule has 136 valence electrons. The van der Waals surface area contributed by atoms with E-state index in [-0.39, 0.29) is 5.91 Å². The number of nitrogens with zero attached hydrogens (tertiary/aromatic N) is 6. The maximum Gasteiger partial charge on any atom is 0.259 e. The highest BCUT2D eigenvalue weighted by Gasteiger charge is 2.17. The highest BCUT2D eigenvalue weighted by Crippen LogP contribution is 2.26. The highest BCUT2D eigenvalue weighted by molar-refractivity contribution is 6.06. The number of nitrogen functional groups attached to an aromatic ring is 1. The minimum Gasteiger partial charge on any atom is -0.384 e. The standard InChI is InChI=1S/C20H15N7O/c1-26(19-3-2-13(10-21)11-24-19)20(28)15-5-7-27-17(8-15)16(12-25-27)14-4-6-23-18(22)9-14/h2-9,11-12H,1H3,(H2,22,23). The SMILES string of the molecule is CN(C(=O)c1ccn2ncc(-c3ccnc(N)c3)c2c1)c1ccc(C#N)cn1. The van der Waals surface area contributed by atoms with Gasteiger partial charge in [0.25, 0.3) is 5.91 Å². The van der Waals surface area contributed by atoms with Gasteiger partial charge >= 0.3 is 0 Å². The van der Waals surface area contributed by atoms with Crippen molar-refractivity contribution in [1.82, 2.24) is 19.6 Å². The van der Waals surface area contributed by atoms with Gasteiger partial charge in [-0.25, -0.2) is 14.5 Å².